The van der Waals surface area contributed by atoms with Crippen LogP contribution in [0.25, 0.3) is 0 Å². The second-order valence-corrected chi connectivity index (χ2v) is 6.32. The monoisotopic (exact) mass is 224 g/mol. The van der Waals surface area contributed by atoms with Crippen LogP contribution in [0.3, 0.4) is 0 Å². The Hall–Kier alpha value is -0.380. The van der Waals surface area contributed by atoms with Crippen LogP contribution in [0.2, 0.25) is 0 Å². The first-order chi connectivity index (χ1) is 7.33. The molecule has 1 spiro atoms. The summed E-state index contributed by atoms with van der Waals surface area (Å²) in [6, 6.07) is 0. The number of rotatable bonds is 0. The van der Waals surface area contributed by atoms with Gasteiger partial charge in [0.25, 0.3) is 0 Å². The Morgan fingerprint density at radius 3 is 2.31 bits per heavy atom. The molecular weight excluding hydrogens is 204 g/mol. The molecule has 0 amide bonds. The van der Waals surface area contributed by atoms with Crippen LogP contribution < -0.4 is 0 Å². The third kappa shape index (κ3) is 1.04. The number of hydrogen-bond acceptors (Lipinski definition) is 3. The van der Waals surface area contributed by atoms with Crippen molar-refractivity contribution in [2.45, 2.75) is 63.9 Å². The number of ether oxygens (including phenoxy) is 1. The maximum Gasteiger partial charge on any atom is 0.218 e. The van der Waals surface area contributed by atoms with Gasteiger partial charge in [0.1, 0.15) is 5.60 Å². The van der Waals surface area contributed by atoms with Gasteiger partial charge in [-0.25, -0.2) is 4.89 Å². The SMILES string of the molecule is CC1(C)CCCC2(C)O[C@@]3(C)C=C[C@@]12OO3. The first-order valence-corrected chi connectivity index (χ1v) is 6.10. The van der Waals surface area contributed by atoms with Crippen LogP contribution in [0, 0.1) is 5.41 Å². The zero-order valence-electron chi connectivity index (χ0n) is 10.5. The standard InChI is InChI=1S/C13H20O3/c1-10(2)6-5-7-11(3)13(10)9-8-12(4,14-11)15-16-13/h8-9H,5-7H2,1-4H3/t11?,12-,13-/m1/s1. The van der Waals surface area contributed by atoms with Gasteiger partial charge in [0.2, 0.25) is 5.79 Å². The molecular formula is C13H20O3. The zero-order valence-corrected chi connectivity index (χ0v) is 10.5. The maximum atomic E-state index is 6.16. The Morgan fingerprint density at radius 1 is 0.938 bits per heavy atom. The highest BCUT2D eigenvalue weighted by Gasteiger charge is 2.68. The molecule has 0 aromatic heterocycles. The summed E-state index contributed by atoms with van der Waals surface area (Å²) in [4.78, 5) is 11.2. The summed E-state index contributed by atoms with van der Waals surface area (Å²) in [7, 11) is 0. The van der Waals surface area contributed by atoms with Gasteiger partial charge in [0.05, 0.1) is 0 Å². The van der Waals surface area contributed by atoms with Gasteiger partial charge in [0, 0.05) is 5.41 Å². The molecule has 16 heavy (non-hydrogen) atoms. The molecule has 4 aliphatic rings. The fourth-order valence-electron chi connectivity index (χ4n) is 3.66. The molecule has 2 bridgehead atoms. The zero-order chi connectivity index (χ0) is 11.7. The van der Waals surface area contributed by atoms with Crippen molar-refractivity contribution in [3.8, 4) is 0 Å². The van der Waals surface area contributed by atoms with Crippen molar-refractivity contribution >= 4 is 0 Å². The van der Waals surface area contributed by atoms with Crippen LogP contribution >= 0.6 is 0 Å². The Morgan fingerprint density at radius 2 is 1.69 bits per heavy atom. The van der Waals surface area contributed by atoms with Crippen molar-refractivity contribution in [3.05, 3.63) is 12.2 Å². The summed E-state index contributed by atoms with van der Waals surface area (Å²) in [5.41, 5.74) is -0.662. The first-order valence-electron chi connectivity index (χ1n) is 6.10. The number of hydrogen-bond donors (Lipinski definition) is 0. The molecule has 0 radical (unpaired) electrons. The van der Waals surface area contributed by atoms with E-state index in [2.05, 4.69) is 26.8 Å². The van der Waals surface area contributed by atoms with Gasteiger partial charge in [-0.3, -0.25) is 0 Å². The average molecular weight is 224 g/mol. The highest BCUT2D eigenvalue weighted by atomic mass is 17.3. The van der Waals surface area contributed by atoms with E-state index >= 15 is 0 Å². The van der Waals surface area contributed by atoms with E-state index in [-0.39, 0.29) is 11.0 Å². The topological polar surface area (TPSA) is 27.7 Å². The molecule has 3 heteroatoms. The minimum Gasteiger partial charge on any atom is -0.334 e. The van der Waals surface area contributed by atoms with E-state index in [4.69, 9.17) is 14.5 Å². The highest BCUT2D eigenvalue weighted by molar-refractivity contribution is 5.27. The Kier molecular flexibility index (Phi) is 1.82. The molecule has 2 fully saturated rings. The Balaban J connectivity index is 2.16. The summed E-state index contributed by atoms with van der Waals surface area (Å²) in [6.07, 6.45) is 7.50. The van der Waals surface area contributed by atoms with E-state index in [9.17, 15) is 0 Å². The van der Waals surface area contributed by atoms with Gasteiger partial charge in [0.15, 0.2) is 5.60 Å². The summed E-state index contributed by atoms with van der Waals surface area (Å²) in [5, 5.41) is 0. The average Bonchev–Trinajstić information content (AvgIpc) is 2.15. The molecule has 4 rings (SSSR count). The second-order valence-electron chi connectivity index (χ2n) is 6.32. The van der Waals surface area contributed by atoms with Gasteiger partial charge >= 0.3 is 0 Å². The van der Waals surface area contributed by atoms with Crippen molar-refractivity contribution in [2.24, 2.45) is 5.41 Å². The largest absolute Gasteiger partial charge is 0.334 e. The molecule has 1 unspecified atom stereocenters. The normalized spacial score (nSPS) is 53.8. The smallest absolute Gasteiger partial charge is 0.218 e. The van der Waals surface area contributed by atoms with Gasteiger partial charge in [-0.1, -0.05) is 13.8 Å². The fraction of sp³-hybridized carbons (Fsp3) is 0.846. The van der Waals surface area contributed by atoms with Gasteiger partial charge < -0.3 is 4.74 Å². The fourth-order valence-corrected chi connectivity index (χ4v) is 3.66. The molecule has 1 saturated heterocycles. The van der Waals surface area contributed by atoms with E-state index in [0.29, 0.717) is 0 Å². The Labute approximate surface area is 96.7 Å². The lowest BCUT2D eigenvalue weighted by Crippen LogP contribution is -2.72. The summed E-state index contributed by atoms with van der Waals surface area (Å²) < 4.78 is 6.16. The van der Waals surface area contributed by atoms with Gasteiger partial charge in [-0.05, 0) is 45.3 Å². The quantitative estimate of drug-likeness (QED) is 0.467. The van der Waals surface area contributed by atoms with Crippen molar-refractivity contribution in [3.63, 3.8) is 0 Å². The van der Waals surface area contributed by atoms with E-state index in [1.165, 1.54) is 6.42 Å². The predicted molar refractivity (Wildman–Crippen MR) is 59.6 cm³/mol. The lowest BCUT2D eigenvalue weighted by atomic mass is 9.57. The molecule has 0 N–H and O–H groups in total. The van der Waals surface area contributed by atoms with E-state index < -0.39 is 11.4 Å². The van der Waals surface area contributed by atoms with E-state index in [1.807, 2.05) is 13.0 Å². The van der Waals surface area contributed by atoms with E-state index in [0.717, 1.165) is 12.8 Å². The lowest BCUT2D eigenvalue weighted by molar-refractivity contribution is -0.548. The minimum atomic E-state index is -0.704. The van der Waals surface area contributed by atoms with Gasteiger partial charge in [-0.2, -0.15) is 4.89 Å². The third-order valence-corrected chi connectivity index (χ3v) is 4.63. The van der Waals surface area contributed by atoms with Crippen LogP contribution in [0.1, 0.15) is 47.0 Å². The molecule has 0 aromatic rings. The van der Waals surface area contributed by atoms with Crippen molar-refractivity contribution in [2.75, 3.05) is 0 Å². The molecule has 3 nitrogen and oxygen atoms in total. The number of fused-ring (bicyclic) bond motifs is 1. The molecule has 3 heterocycles. The molecule has 1 saturated carbocycles. The van der Waals surface area contributed by atoms with Gasteiger partial charge in [-0.15, -0.1) is 0 Å². The van der Waals surface area contributed by atoms with Crippen molar-refractivity contribution < 1.29 is 14.5 Å². The third-order valence-electron chi connectivity index (χ3n) is 4.63. The summed E-state index contributed by atoms with van der Waals surface area (Å²) in [5.74, 6) is -0.704. The van der Waals surface area contributed by atoms with Crippen molar-refractivity contribution in [1.29, 1.82) is 0 Å². The summed E-state index contributed by atoms with van der Waals surface area (Å²) in [6.45, 7) is 8.52. The van der Waals surface area contributed by atoms with Crippen LogP contribution in [-0.2, 0) is 14.5 Å². The van der Waals surface area contributed by atoms with Crippen LogP contribution in [0.15, 0.2) is 12.2 Å². The molecule has 1 aliphatic carbocycles. The highest BCUT2D eigenvalue weighted by Crippen LogP contribution is 2.60. The van der Waals surface area contributed by atoms with Crippen LogP contribution in [0.4, 0.5) is 0 Å². The maximum absolute atomic E-state index is 6.16. The first kappa shape index (κ1) is 10.8. The predicted octanol–water partition coefficient (Wildman–Crippen LogP) is 2.96. The molecule has 3 atom stereocenters. The minimum absolute atomic E-state index is 0.0399. The second kappa shape index (κ2) is 2.71. The molecule has 3 aliphatic heterocycles. The molecule has 90 valence electrons. The van der Waals surface area contributed by atoms with Crippen LogP contribution in [-0.4, -0.2) is 17.0 Å². The summed E-state index contributed by atoms with van der Waals surface area (Å²) >= 11 is 0. The lowest BCUT2D eigenvalue weighted by Gasteiger charge is -2.64. The van der Waals surface area contributed by atoms with E-state index in [1.54, 1.807) is 0 Å². The van der Waals surface area contributed by atoms with Crippen LogP contribution in [0.5, 0.6) is 0 Å². The molecule has 0 aromatic carbocycles. The van der Waals surface area contributed by atoms with Crippen molar-refractivity contribution in [1.82, 2.24) is 0 Å². The Bertz CT molecular complexity index is 362.